The minimum atomic E-state index is -0.370. The van der Waals surface area contributed by atoms with Crippen molar-refractivity contribution in [1.82, 2.24) is 4.98 Å². The third-order valence-electron chi connectivity index (χ3n) is 4.18. The highest BCUT2D eigenvalue weighted by Gasteiger charge is 2.36. The number of fused-ring (bicyclic) bond motifs is 2. The van der Waals surface area contributed by atoms with Crippen LogP contribution < -0.4 is 0 Å². The number of hydrogen-bond acceptors (Lipinski definition) is 3. The first-order valence-corrected chi connectivity index (χ1v) is 7.89. The average Bonchev–Trinajstić information content (AvgIpc) is 2.37. The van der Waals surface area contributed by atoms with Gasteiger partial charge in [-0.2, -0.15) is 11.8 Å². The molecule has 0 aliphatic carbocycles. The molecule has 0 N–H and O–H groups in total. The number of rotatable bonds is 2. The van der Waals surface area contributed by atoms with Crippen molar-refractivity contribution < 1.29 is 9.18 Å². The first-order valence-electron chi connectivity index (χ1n) is 6.95. The third-order valence-corrected chi connectivity index (χ3v) is 5.81. The zero-order valence-corrected chi connectivity index (χ0v) is 11.9. The van der Waals surface area contributed by atoms with E-state index in [9.17, 15) is 9.18 Å². The normalized spacial score (nSPS) is 30.1. The number of carbonyl (C=O) groups excluding carboxylic acids is 1. The molecule has 2 aliphatic rings. The van der Waals surface area contributed by atoms with Crippen molar-refractivity contribution >= 4 is 17.5 Å². The molecule has 2 bridgehead atoms. The van der Waals surface area contributed by atoms with Gasteiger partial charge in [0.15, 0.2) is 5.78 Å². The number of nitrogens with zero attached hydrogens (tertiary/aromatic N) is 1. The summed E-state index contributed by atoms with van der Waals surface area (Å²) in [7, 11) is 0. The molecule has 0 spiro atoms. The Bertz CT molecular complexity index is 493. The van der Waals surface area contributed by atoms with E-state index in [1.54, 1.807) is 6.92 Å². The monoisotopic (exact) mass is 279 g/mol. The van der Waals surface area contributed by atoms with Crippen molar-refractivity contribution in [3.05, 3.63) is 29.3 Å². The van der Waals surface area contributed by atoms with Crippen LogP contribution in [0, 0.1) is 18.7 Å². The fraction of sp³-hybridized carbons (Fsp3) is 0.600. The molecule has 102 valence electrons. The van der Waals surface area contributed by atoms with Crippen LogP contribution in [0.15, 0.2) is 12.3 Å². The van der Waals surface area contributed by atoms with E-state index in [1.165, 1.54) is 25.3 Å². The Morgan fingerprint density at radius 2 is 2.05 bits per heavy atom. The predicted octanol–water partition coefficient (Wildman–Crippen LogP) is 3.78. The topological polar surface area (TPSA) is 30.0 Å². The quantitative estimate of drug-likeness (QED) is 0.772. The summed E-state index contributed by atoms with van der Waals surface area (Å²) in [6.07, 6.45) is 6.87. The largest absolute Gasteiger partial charge is 0.292 e. The van der Waals surface area contributed by atoms with Gasteiger partial charge < -0.3 is 0 Å². The number of ketones is 1. The molecule has 2 aliphatic heterocycles. The summed E-state index contributed by atoms with van der Waals surface area (Å²) in [6.45, 7) is 1.77. The molecule has 3 heterocycles. The highest BCUT2D eigenvalue weighted by atomic mass is 32.2. The van der Waals surface area contributed by atoms with Crippen LogP contribution in [-0.4, -0.2) is 21.3 Å². The molecule has 2 atom stereocenters. The van der Waals surface area contributed by atoms with Crippen molar-refractivity contribution in [1.29, 1.82) is 0 Å². The van der Waals surface area contributed by atoms with E-state index in [0.29, 0.717) is 21.8 Å². The van der Waals surface area contributed by atoms with E-state index in [-0.39, 0.29) is 17.5 Å². The van der Waals surface area contributed by atoms with E-state index in [4.69, 9.17) is 0 Å². The Morgan fingerprint density at radius 1 is 1.37 bits per heavy atom. The molecule has 19 heavy (non-hydrogen) atoms. The minimum Gasteiger partial charge on any atom is -0.292 e. The van der Waals surface area contributed by atoms with E-state index in [1.807, 2.05) is 0 Å². The Morgan fingerprint density at radius 3 is 2.68 bits per heavy atom. The van der Waals surface area contributed by atoms with E-state index >= 15 is 0 Å². The number of aromatic nitrogens is 1. The van der Waals surface area contributed by atoms with Crippen LogP contribution >= 0.6 is 11.8 Å². The highest BCUT2D eigenvalue weighted by Crippen LogP contribution is 2.44. The standard InChI is InChI=1S/C15H18FNOS/c1-9-5-11(16)8-17-14(9)15(18)10-6-12-3-2-4-13(7-10)19-12/h5,8,10,12-13H,2-4,6-7H2,1H3. The predicted molar refractivity (Wildman–Crippen MR) is 75.0 cm³/mol. The molecule has 2 nitrogen and oxygen atoms in total. The number of aryl methyl sites for hydroxylation is 1. The van der Waals surface area contributed by atoms with Gasteiger partial charge >= 0.3 is 0 Å². The molecule has 0 radical (unpaired) electrons. The van der Waals surface area contributed by atoms with E-state index in [2.05, 4.69) is 16.7 Å². The van der Waals surface area contributed by atoms with Gasteiger partial charge in [-0.1, -0.05) is 6.42 Å². The Balaban J connectivity index is 1.80. The molecule has 1 aromatic rings. The molecule has 0 amide bonds. The lowest BCUT2D eigenvalue weighted by molar-refractivity contribution is 0.0890. The van der Waals surface area contributed by atoms with Gasteiger partial charge in [-0.15, -0.1) is 0 Å². The first-order chi connectivity index (χ1) is 9.13. The average molecular weight is 279 g/mol. The molecule has 2 unspecified atom stereocenters. The van der Waals surface area contributed by atoms with Gasteiger partial charge in [0, 0.05) is 16.4 Å². The lowest BCUT2D eigenvalue weighted by atomic mass is 9.85. The Labute approximate surface area is 117 Å². The van der Waals surface area contributed by atoms with Crippen LogP contribution in [0.2, 0.25) is 0 Å². The van der Waals surface area contributed by atoms with E-state index < -0.39 is 0 Å². The number of carbonyl (C=O) groups is 1. The zero-order valence-electron chi connectivity index (χ0n) is 11.1. The fourth-order valence-corrected chi connectivity index (χ4v) is 5.10. The van der Waals surface area contributed by atoms with Gasteiger partial charge in [-0.05, 0) is 44.2 Å². The second-order valence-electron chi connectivity index (χ2n) is 5.66. The fourth-order valence-electron chi connectivity index (χ4n) is 3.27. The van der Waals surface area contributed by atoms with Crippen LogP contribution in [0.1, 0.15) is 48.2 Å². The smallest absolute Gasteiger partial charge is 0.184 e. The van der Waals surface area contributed by atoms with Crippen molar-refractivity contribution in [3.63, 3.8) is 0 Å². The number of halogens is 1. The lowest BCUT2D eigenvalue weighted by Gasteiger charge is -2.37. The van der Waals surface area contributed by atoms with Crippen LogP contribution in [0.5, 0.6) is 0 Å². The SMILES string of the molecule is Cc1cc(F)cnc1C(=O)C1CC2CCCC(C1)S2. The van der Waals surface area contributed by atoms with Gasteiger partial charge in [0.05, 0.1) is 6.20 Å². The maximum absolute atomic E-state index is 13.1. The summed E-state index contributed by atoms with van der Waals surface area (Å²) in [5.74, 6) is -0.159. The molecule has 1 aromatic heterocycles. The Kier molecular flexibility index (Phi) is 3.61. The second-order valence-corrected chi connectivity index (χ2v) is 7.27. The zero-order chi connectivity index (χ0) is 13.4. The van der Waals surface area contributed by atoms with Crippen molar-refractivity contribution in [3.8, 4) is 0 Å². The number of pyridine rings is 1. The van der Waals surface area contributed by atoms with Crippen molar-refractivity contribution in [2.24, 2.45) is 5.92 Å². The second kappa shape index (κ2) is 5.23. The summed E-state index contributed by atoms with van der Waals surface area (Å²) in [4.78, 5) is 16.6. The minimum absolute atomic E-state index is 0.0909. The van der Waals surface area contributed by atoms with Crippen LogP contribution in [0.3, 0.4) is 0 Å². The molecular weight excluding hydrogens is 261 g/mol. The summed E-state index contributed by atoms with van der Waals surface area (Å²) in [5, 5.41) is 1.28. The maximum Gasteiger partial charge on any atom is 0.184 e. The number of Topliss-reactive ketones (excluding diaryl/α,β-unsaturated/α-hetero) is 1. The van der Waals surface area contributed by atoms with Crippen LogP contribution in [0.4, 0.5) is 4.39 Å². The third kappa shape index (κ3) is 2.69. The molecule has 0 saturated carbocycles. The van der Waals surface area contributed by atoms with Crippen LogP contribution in [-0.2, 0) is 0 Å². The van der Waals surface area contributed by atoms with Crippen molar-refractivity contribution in [2.75, 3.05) is 0 Å². The molecule has 2 fully saturated rings. The molecule has 3 rings (SSSR count). The Hall–Kier alpha value is -0.900. The molecule has 0 aromatic carbocycles. The van der Waals surface area contributed by atoms with Gasteiger partial charge in [0.25, 0.3) is 0 Å². The summed E-state index contributed by atoms with van der Waals surface area (Å²) in [5.41, 5.74) is 1.13. The van der Waals surface area contributed by atoms with Gasteiger partial charge in [-0.25, -0.2) is 9.37 Å². The van der Waals surface area contributed by atoms with Crippen molar-refractivity contribution in [2.45, 2.75) is 49.5 Å². The molecule has 2 saturated heterocycles. The maximum atomic E-state index is 13.1. The first kappa shape index (κ1) is 13.1. The molecular formula is C15H18FNOS. The summed E-state index contributed by atoms with van der Waals surface area (Å²) < 4.78 is 13.1. The van der Waals surface area contributed by atoms with Gasteiger partial charge in [-0.3, -0.25) is 4.79 Å². The number of hydrogen-bond donors (Lipinski definition) is 0. The highest BCUT2D eigenvalue weighted by molar-refractivity contribution is 8.00. The lowest BCUT2D eigenvalue weighted by Crippen LogP contribution is -2.33. The molecule has 4 heteroatoms. The van der Waals surface area contributed by atoms with E-state index in [0.717, 1.165) is 19.0 Å². The van der Waals surface area contributed by atoms with Crippen LogP contribution in [0.25, 0.3) is 0 Å². The van der Waals surface area contributed by atoms with Gasteiger partial charge in [0.1, 0.15) is 11.5 Å². The summed E-state index contributed by atoms with van der Waals surface area (Å²) in [6, 6.07) is 1.40. The van der Waals surface area contributed by atoms with Gasteiger partial charge in [0.2, 0.25) is 0 Å². The summed E-state index contributed by atoms with van der Waals surface area (Å²) >= 11 is 2.06. The number of thioether (sulfide) groups is 1.